The van der Waals surface area contributed by atoms with Crippen molar-refractivity contribution in [2.24, 2.45) is 5.84 Å². The Bertz CT molecular complexity index is 397. The largest absolute Gasteiger partial charge is 0.461 e. The molecule has 0 aromatic carbocycles. The van der Waals surface area contributed by atoms with Crippen LogP contribution in [0.3, 0.4) is 0 Å². The predicted molar refractivity (Wildman–Crippen MR) is 71.1 cm³/mol. The highest BCUT2D eigenvalue weighted by atomic mass is 16.5. The van der Waals surface area contributed by atoms with Crippen molar-refractivity contribution in [2.45, 2.75) is 19.3 Å². The number of nitrogens with zero attached hydrogens (tertiary/aromatic N) is 4. The number of nitrogens with one attached hydrogen (secondary N) is 1. The van der Waals surface area contributed by atoms with Crippen LogP contribution in [0.5, 0.6) is 6.01 Å². The van der Waals surface area contributed by atoms with E-state index in [0.717, 1.165) is 25.9 Å². The standard InChI is InChI=1S/C11H20N6O2/c1-18-7-8-19-11-14-9(16-12)13-10(15-11)17-5-3-2-4-6-17/h2-8,12H2,1H3,(H,13,14,15,16). The third-order valence-corrected chi connectivity index (χ3v) is 2.89. The van der Waals surface area contributed by atoms with Crippen LogP contribution < -0.4 is 20.9 Å². The van der Waals surface area contributed by atoms with Crippen molar-refractivity contribution in [3.63, 3.8) is 0 Å². The Morgan fingerprint density at radius 1 is 1.16 bits per heavy atom. The average molecular weight is 268 g/mol. The maximum atomic E-state index is 5.41. The first-order valence-corrected chi connectivity index (χ1v) is 6.43. The topological polar surface area (TPSA) is 98.4 Å². The van der Waals surface area contributed by atoms with Gasteiger partial charge in [0.1, 0.15) is 6.61 Å². The second-order valence-electron chi connectivity index (χ2n) is 4.27. The Morgan fingerprint density at radius 3 is 2.63 bits per heavy atom. The molecule has 0 bridgehead atoms. The van der Waals surface area contributed by atoms with Gasteiger partial charge in [0, 0.05) is 20.2 Å². The summed E-state index contributed by atoms with van der Waals surface area (Å²) in [6.07, 6.45) is 3.55. The minimum atomic E-state index is 0.264. The molecule has 1 saturated heterocycles. The van der Waals surface area contributed by atoms with E-state index in [4.69, 9.17) is 15.3 Å². The van der Waals surface area contributed by atoms with E-state index >= 15 is 0 Å². The molecule has 0 spiro atoms. The number of nitrogen functional groups attached to an aromatic ring is 1. The molecule has 1 aromatic heterocycles. The monoisotopic (exact) mass is 268 g/mol. The van der Waals surface area contributed by atoms with E-state index in [9.17, 15) is 0 Å². The van der Waals surface area contributed by atoms with Gasteiger partial charge in [-0.1, -0.05) is 0 Å². The zero-order chi connectivity index (χ0) is 13.5. The molecule has 3 N–H and O–H groups in total. The molecule has 0 unspecified atom stereocenters. The summed E-state index contributed by atoms with van der Waals surface area (Å²) in [5.41, 5.74) is 2.44. The molecule has 0 atom stereocenters. The minimum Gasteiger partial charge on any atom is -0.461 e. The van der Waals surface area contributed by atoms with Crippen molar-refractivity contribution in [1.82, 2.24) is 15.0 Å². The summed E-state index contributed by atoms with van der Waals surface area (Å²) in [6.45, 7) is 2.77. The van der Waals surface area contributed by atoms with Gasteiger partial charge >= 0.3 is 6.01 Å². The molecule has 106 valence electrons. The third kappa shape index (κ3) is 3.90. The van der Waals surface area contributed by atoms with E-state index in [0.29, 0.717) is 25.1 Å². The Balaban J connectivity index is 2.10. The van der Waals surface area contributed by atoms with Gasteiger partial charge in [-0.15, -0.1) is 0 Å². The summed E-state index contributed by atoms with van der Waals surface area (Å²) >= 11 is 0. The summed E-state index contributed by atoms with van der Waals surface area (Å²) in [6, 6.07) is 0.264. The fraction of sp³-hybridized carbons (Fsp3) is 0.727. The van der Waals surface area contributed by atoms with E-state index in [1.54, 1.807) is 7.11 Å². The first-order chi connectivity index (χ1) is 9.33. The van der Waals surface area contributed by atoms with Crippen LogP contribution in [0, 0.1) is 0 Å². The lowest BCUT2D eigenvalue weighted by Crippen LogP contribution is -2.31. The normalized spacial score (nSPS) is 15.4. The fourth-order valence-corrected chi connectivity index (χ4v) is 1.93. The highest BCUT2D eigenvalue weighted by molar-refractivity contribution is 5.37. The van der Waals surface area contributed by atoms with Gasteiger partial charge in [-0.05, 0) is 19.3 Å². The molecular formula is C11H20N6O2. The number of nitrogens with two attached hydrogens (primary N) is 1. The van der Waals surface area contributed by atoms with Crippen LogP contribution >= 0.6 is 0 Å². The van der Waals surface area contributed by atoms with Gasteiger partial charge in [-0.3, -0.25) is 5.43 Å². The number of hydrogen-bond donors (Lipinski definition) is 2. The van der Waals surface area contributed by atoms with Crippen molar-refractivity contribution < 1.29 is 9.47 Å². The van der Waals surface area contributed by atoms with Crippen molar-refractivity contribution >= 4 is 11.9 Å². The van der Waals surface area contributed by atoms with Crippen molar-refractivity contribution in [1.29, 1.82) is 0 Å². The van der Waals surface area contributed by atoms with Gasteiger partial charge in [0.15, 0.2) is 0 Å². The fourth-order valence-electron chi connectivity index (χ4n) is 1.93. The lowest BCUT2D eigenvalue weighted by atomic mass is 10.1. The second-order valence-corrected chi connectivity index (χ2v) is 4.27. The summed E-state index contributed by atoms with van der Waals surface area (Å²) < 4.78 is 10.3. The van der Waals surface area contributed by atoms with Crippen LogP contribution in [-0.2, 0) is 4.74 Å². The molecule has 8 heteroatoms. The van der Waals surface area contributed by atoms with Gasteiger partial charge < -0.3 is 14.4 Å². The van der Waals surface area contributed by atoms with Gasteiger partial charge in [0.05, 0.1) is 6.61 Å². The molecule has 0 saturated carbocycles. The maximum absolute atomic E-state index is 5.41. The number of ether oxygens (including phenoxy) is 2. The molecule has 1 fully saturated rings. The number of aromatic nitrogens is 3. The van der Waals surface area contributed by atoms with Gasteiger partial charge in [-0.2, -0.15) is 15.0 Å². The van der Waals surface area contributed by atoms with Crippen LogP contribution in [0.2, 0.25) is 0 Å². The number of methoxy groups -OCH3 is 1. The second kappa shape index (κ2) is 7.05. The third-order valence-electron chi connectivity index (χ3n) is 2.89. The van der Waals surface area contributed by atoms with E-state index in [2.05, 4.69) is 25.3 Å². The Morgan fingerprint density at radius 2 is 1.95 bits per heavy atom. The number of hydrogen-bond acceptors (Lipinski definition) is 8. The summed E-state index contributed by atoms with van der Waals surface area (Å²) in [5.74, 6) is 6.29. The number of rotatable bonds is 6. The van der Waals surface area contributed by atoms with Gasteiger partial charge in [0.2, 0.25) is 11.9 Å². The molecule has 1 aromatic rings. The Hall–Kier alpha value is -1.67. The molecule has 2 rings (SSSR count). The zero-order valence-electron chi connectivity index (χ0n) is 11.1. The van der Waals surface area contributed by atoms with Crippen LogP contribution in [0.1, 0.15) is 19.3 Å². The quantitative estimate of drug-likeness (QED) is 0.428. The molecule has 0 aliphatic carbocycles. The molecule has 8 nitrogen and oxygen atoms in total. The lowest BCUT2D eigenvalue weighted by molar-refractivity contribution is 0.141. The Kier molecular flexibility index (Phi) is 5.10. The van der Waals surface area contributed by atoms with Crippen LogP contribution in [0.25, 0.3) is 0 Å². The van der Waals surface area contributed by atoms with Crippen molar-refractivity contribution in [2.75, 3.05) is 43.7 Å². The maximum Gasteiger partial charge on any atom is 0.323 e. The van der Waals surface area contributed by atoms with Crippen LogP contribution in [-0.4, -0.2) is 48.4 Å². The zero-order valence-corrected chi connectivity index (χ0v) is 11.1. The number of anilines is 2. The highest BCUT2D eigenvalue weighted by Gasteiger charge is 2.16. The lowest BCUT2D eigenvalue weighted by Gasteiger charge is -2.26. The van der Waals surface area contributed by atoms with Crippen molar-refractivity contribution in [3.8, 4) is 6.01 Å². The molecule has 19 heavy (non-hydrogen) atoms. The molecule has 2 heterocycles. The van der Waals surface area contributed by atoms with E-state index in [1.807, 2.05) is 0 Å². The summed E-state index contributed by atoms with van der Waals surface area (Å²) in [5, 5.41) is 0. The predicted octanol–water partition coefficient (Wildman–Crippen LogP) is 0.173. The first-order valence-electron chi connectivity index (χ1n) is 6.43. The first kappa shape index (κ1) is 13.8. The number of hydrazine groups is 1. The molecule has 1 aliphatic heterocycles. The SMILES string of the molecule is COCCOc1nc(NN)nc(N2CCCCC2)n1. The summed E-state index contributed by atoms with van der Waals surface area (Å²) in [4.78, 5) is 14.7. The van der Waals surface area contributed by atoms with E-state index in [-0.39, 0.29) is 6.01 Å². The van der Waals surface area contributed by atoms with Gasteiger partial charge in [0.25, 0.3) is 0 Å². The van der Waals surface area contributed by atoms with Gasteiger partial charge in [-0.25, -0.2) is 5.84 Å². The molecule has 0 radical (unpaired) electrons. The average Bonchev–Trinajstić information content (AvgIpc) is 2.48. The smallest absolute Gasteiger partial charge is 0.323 e. The highest BCUT2D eigenvalue weighted by Crippen LogP contribution is 2.18. The molecule has 0 amide bonds. The van der Waals surface area contributed by atoms with Crippen molar-refractivity contribution in [3.05, 3.63) is 0 Å². The molecule has 1 aliphatic rings. The number of piperidine rings is 1. The Labute approximate surface area is 112 Å². The van der Waals surface area contributed by atoms with E-state index in [1.165, 1.54) is 6.42 Å². The summed E-state index contributed by atoms with van der Waals surface area (Å²) in [7, 11) is 1.61. The minimum absolute atomic E-state index is 0.264. The molecular weight excluding hydrogens is 248 g/mol. The van der Waals surface area contributed by atoms with Crippen LogP contribution in [0.4, 0.5) is 11.9 Å². The van der Waals surface area contributed by atoms with E-state index < -0.39 is 0 Å². The van der Waals surface area contributed by atoms with Crippen LogP contribution in [0.15, 0.2) is 0 Å².